The van der Waals surface area contributed by atoms with E-state index in [0.29, 0.717) is 17.9 Å². The first-order valence-electron chi connectivity index (χ1n) is 10.6. The normalized spacial score (nSPS) is 10.4. The Morgan fingerprint density at radius 1 is 0.636 bits per heavy atom. The van der Waals surface area contributed by atoms with Crippen molar-refractivity contribution >= 4 is 17.3 Å². The number of ether oxygens (including phenoxy) is 3. The Kier molecular flexibility index (Phi) is 6.90. The van der Waals surface area contributed by atoms with Crippen LogP contribution in [-0.2, 0) is 6.61 Å². The predicted octanol–water partition coefficient (Wildman–Crippen LogP) is 6.26. The molecule has 0 atom stereocenters. The van der Waals surface area contributed by atoms with Crippen molar-refractivity contribution in [2.24, 2.45) is 0 Å². The van der Waals surface area contributed by atoms with Gasteiger partial charge in [0, 0.05) is 16.9 Å². The van der Waals surface area contributed by atoms with Gasteiger partial charge < -0.3 is 14.2 Å². The third-order valence-electron chi connectivity index (χ3n) is 5.21. The Bertz CT molecular complexity index is 1170. The second-order valence-corrected chi connectivity index (χ2v) is 7.34. The molecule has 0 saturated carbocycles. The average molecular weight is 440 g/mol. The van der Waals surface area contributed by atoms with E-state index in [1.54, 1.807) is 43.4 Å². The van der Waals surface area contributed by atoms with Crippen molar-refractivity contribution in [3.63, 3.8) is 0 Å². The molecule has 4 rings (SSSR count). The highest BCUT2D eigenvalue weighted by Crippen LogP contribution is 2.31. The van der Waals surface area contributed by atoms with Gasteiger partial charge in [-0.15, -0.1) is 0 Å². The molecule has 4 aromatic carbocycles. The Hall–Kier alpha value is -4.25. The van der Waals surface area contributed by atoms with Crippen molar-refractivity contribution in [3.05, 3.63) is 114 Å². The predicted molar refractivity (Wildman–Crippen MR) is 130 cm³/mol. The van der Waals surface area contributed by atoms with Crippen molar-refractivity contribution in [2.45, 2.75) is 6.61 Å². The number of benzene rings is 4. The van der Waals surface area contributed by atoms with E-state index < -0.39 is 0 Å². The molecule has 0 aliphatic carbocycles. The standard InChI is InChI=1S/C28H25NO4/c1-31-25-14-8-22(9-15-25)28(30)29(23-10-16-26(32-2)17-11-23)24-12-18-27(19-13-24)33-20-21-6-4-3-5-7-21/h3-19H,20H2,1-2H3. The highest BCUT2D eigenvalue weighted by Gasteiger charge is 2.20. The third kappa shape index (κ3) is 5.33. The molecule has 0 spiro atoms. The summed E-state index contributed by atoms with van der Waals surface area (Å²) < 4.78 is 16.4. The summed E-state index contributed by atoms with van der Waals surface area (Å²) >= 11 is 0. The maximum atomic E-state index is 13.5. The number of amides is 1. The summed E-state index contributed by atoms with van der Waals surface area (Å²) in [4.78, 5) is 15.2. The van der Waals surface area contributed by atoms with Crippen molar-refractivity contribution < 1.29 is 19.0 Å². The first kappa shape index (κ1) is 22.0. The highest BCUT2D eigenvalue weighted by molar-refractivity contribution is 6.11. The van der Waals surface area contributed by atoms with Gasteiger partial charge in [-0.3, -0.25) is 9.69 Å². The number of hydrogen-bond donors (Lipinski definition) is 0. The van der Waals surface area contributed by atoms with Gasteiger partial charge in [-0.25, -0.2) is 0 Å². The van der Waals surface area contributed by atoms with Crippen LogP contribution in [0.4, 0.5) is 11.4 Å². The minimum atomic E-state index is -0.152. The van der Waals surface area contributed by atoms with Gasteiger partial charge >= 0.3 is 0 Å². The molecular weight excluding hydrogens is 414 g/mol. The van der Waals surface area contributed by atoms with E-state index in [-0.39, 0.29) is 5.91 Å². The molecule has 0 fully saturated rings. The van der Waals surface area contributed by atoms with E-state index in [4.69, 9.17) is 14.2 Å². The lowest BCUT2D eigenvalue weighted by molar-refractivity contribution is 0.0999. The SMILES string of the molecule is COc1ccc(C(=O)N(c2ccc(OC)cc2)c2ccc(OCc3ccccc3)cc2)cc1. The van der Waals surface area contributed by atoms with E-state index >= 15 is 0 Å². The first-order chi connectivity index (χ1) is 16.2. The summed E-state index contributed by atoms with van der Waals surface area (Å²) in [7, 11) is 3.21. The number of rotatable bonds is 8. The van der Waals surface area contributed by atoms with E-state index in [1.807, 2.05) is 78.9 Å². The first-order valence-corrected chi connectivity index (χ1v) is 10.6. The minimum Gasteiger partial charge on any atom is -0.497 e. The number of methoxy groups -OCH3 is 2. The van der Waals surface area contributed by atoms with Crippen LogP contribution in [0.3, 0.4) is 0 Å². The second kappa shape index (κ2) is 10.4. The van der Waals surface area contributed by atoms with Gasteiger partial charge in [0.1, 0.15) is 23.9 Å². The molecule has 33 heavy (non-hydrogen) atoms. The Morgan fingerprint density at radius 3 is 1.64 bits per heavy atom. The maximum absolute atomic E-state index is 13.5. The fourth-order valence-electron chi connectivity index (χ4n) is 3.41. The van der Waals surface area contributed by atoms with E-state index in [0.717, 1.165) is 28.4 Å². The van der Waals surface area contributed by atoms with Crippen molar-refractivity contribution in [1.82, 2.24) is 0 Å². The molecular formula is C28H25NO4. The van der Waals surface area contributed by atoms with E-state index in [1.165, 1.54) is 0 Å². The molecule has 5 heteroatoms. The molecule has 0 radical (unpaired) electrons. The molecule has 5 nitrogen and oxygen atoms in total. The summed E-state index contributed by atoms with van der Waals surface area (Å²) in [5.74, 6) is 2.00. The van der Waals surface area contributed by atoms with Crippen LogP contribution < -0.4 is 19.1 Å². The van der Waals surface area contributed by atoms with Gasteiger partial charge in [0.25, 0.3) is 5.91 Å². The molecule has 0 aromatic heterocycles. The minimum absolute atomic E-state index is 0.152. The number of anilines is 2. The Labute approximate surface area is 193 Å². The zero-order chi connectivity index (χ0) is 23.0. The van der Waals surface area contributed by atoms with Gasteiger partial charge in [-0.05, 0) is 78.4 Å². The molecule has 166 valence electrons. The lowest BCUT2D eigenvalue weighted by Gasteiger charge is -2.24. The molecule has 1 amide bonds. The van der Waals surface area contributed by atoms with Gasteiger partial charge in [0.15, 0.2) is 0 Å². The van der Waals surface area contributed by atoms with Crippen LogP contribution in [0.1, 0.15) is 15.9 Å². The van der Waals surface area contributed by atoms with Crippen LogP contribution in [0.5, 0.6) is 17.2 Å². The smallest absolute Gasteiger partial charge is 0.262 e. The quantitative estimate of drug-likeness (QED) is 0.325. The van der Waals surface area contributed by atoms with Crippen LogP contribution in [0.25, 0.3) is 0 Å². The molecule has 0 bridgehead atoms. The van der Waals surface area contributed by atoms with Gasteiger partial charge in [-0.2, -0.15) is 0 Å². The fraction of sp³-hybridized carbons (Fsp3) is 0.107. The third-order valence-corrected chi connectivity index (χ3v) is 5.21. The van der Waals surface area contributed by atoms with Crippen molar-refractivity contribution in [1.29, 1.82) is 0 Å². The second-order valence-electron chi connectivity index (χ2n) is 7.34. The zero-order valence-electron chi connectivity index (χ0n) is 18.6. The molecule has 4 aromatic rings. The van der Waals surface area contributed by atoms with Crippen molar-refractivity contribution in [2.75, 3.05) is 19.1 Å². The van der Waals surface area contributed by atoms with Crippen LogP contribution >= 0.6 is 0 Å². The van der Waals surface area contributed by atoms with Crippen LogP contribution in [-0.4, -0.2) is 20.1 Å². The summed E-state index contributed by atoms with van der Waals surface area (Å²) in [5, 5.41) is 0. The molecule has 0 N–H and O–H groups in total. The summed E-state index contributed by atoms with van der Waals surface area (Å²) in [6.45, 7) is 0.479. The fourth-order valence-corrected chi connectivity index (χ4v) is 3.41. The monoisotopic (exact) mass is 439 g/mol. The number of carbonyl (C=O) groups excluding carboxylic acids is 1. The molecule has 0 unspecified atom stereocenters. The van der Waals surface area contributed by atoms with Crippen LogP contribution in [0.15, 0.2) is 103 Å². The Balaban J connectivity index is 1.61. The summed E-state index contributed by atoms with van der Waals surface area (Å²) in [6, 6.07) is 32.0. The molecule has 0 saturated heterocycles. The van der Waals surface area contributed by atoms with Crippen molar-refractivity contribution in [3.8, 4) is 17.2 Å². The largest absolute Gasteiger partial charge is 0.497 e. The van der Waals surface area contributed by atoms with Gasteiger partial charge in [-0.1, -0.05) is 30.3 Å². The molecule has 0 heterocycles. The maximum Gasteiger partial charge on any atom is 0.262 e. The van der Waals surface area contributed by atoms with Crippen LogP contribution in [0.2, 0.25) is 0 Å². The Morgan fingerprint density at radius 2 is 1.12 bits per heavy atom. The molecule has 0 aliphatic rings. The highest BCUT2D eigenvalue weighted by atomic mass is 16.5. The zero-order valence-corrected chi connectivity index (χ0v) is 18.6. The summed E-state index contributed by atoms with van der Waals surface area (Å²) in [5.41, 5.74) is 3.11. The number of hydrogen-bond acceptors (Lipinski definition) is 4. The number of carbonyl (C=O) groups is 1. The molecule has 0 aliphatic heterocycles. The lowest BCUT2D eigenvalue weighted by Crippen LogP contribution is -2.25. The summed E-state index contributed by atoms with van der Waals surface area (Å²) in [6.07, 6.45) is 0. The van der Waals surface area contributed by atoms with Gasteiger partial charge in [0.2, 0.25) is 0 Å². The van der Waals surface area contributed by atoms with Crippen LogP contribution in [0, 0.1) is 0 Å². The van der Waals surface area contributed by atoms with E-state index in [9.17, 15) is 4.79 Å². The number of nitrogens with zero attached hydrogens (tertiary/aromatic N) is 1. The average Bonchev–Trinajstić information content (AvgIpc) is 2.89. The van der Waals surface area contributed by atoms with E-state index in [2.05, 4.69) is 0 Å². The lowest BCUT2D eigenvalue weighted by atomic mass is 10.1. The topological polar surface area (TPSA) is 48.0 Å². The van der Waals surface area contributed by atoms with Gasteiger partial charge in [0.05, 0.1) is 14.2 Å².